The second-order valence-electron chi connectivity index (χ2n) is 6.33. The summed E-state index contributed by atoms with van der Waals surface area (Å²) in [4.78, 5) is 19.7. The van der Waals surface area contributed by atoms with Gasteiger partial charge in [-0.25, -0.2) is 9.37 Å². The van der Waals surface area contributed by atoms with Crippen LogP contribution in [0.3, 0.4) is 0 Å². The lowest BCUT2D eigenvalue weighted by atomic mass is 10.1. The third kappa shape index (κ3) is 3.39. The number of nitrogens with zero attached hydrogens (tertiary/aromatic N) is 1. The Morgan fingerprint density at radius 2 is 2.00 bits per heavy atom. The number of H-pyrrole nitrogens is 1. The molecule has 2 heterocycles. The van der Waals surface area contributed by atoms with E-state index in [2.05, 4.69) is 20.6 Å². The summed E-state index contributed by atoms with van der Waals surface area (Å²) in [6, 6.07) is 12.4. The largest absolute Gasteiger partial charge is 0.348 e. The average molecular weight is 338 g/mol. The van der Waals surface area contributed by atoms with Gasteiger partial charge in [-0.3, -0.25) is 4.79 Å². The van der Waals surface area contributed by atoms with E-state index in [1.165, 1.54) is 12.1 Å². The molecule has 1 amide bonds. The van der Waals surface area contributed by atoms with Gasteiger partial charge in [0, 0.05) is 12.6 Å². The van der Waals surface area contributed by atoms with Crippen molar-refractivity contribution in [2.45, 2.75) is 18.9 Å². The van der Waals surface area contributed by atoms with Crippen LogP contribution in [0, 0.1) is 5.82 Å². The van der Waals surface area contributed by atoms with Crippen LogP contribution in [-0.4, -0.2) is 35.0 Å². The molecule has 128 valence electrons. The van der Waals surface area contributed by atoms with Crippen molar-refractivity contribution in [3.05, 3.63) is 54.1 Å². The highest BCUT2D eigenvalue weighted by Gasteiger charge is 2.17. The minimum absolute atomic E-state index is 0.201. The fraction of sp³-hybridized carbons (Fsp3) is 0.263. The van der Waals surface area contributed by atoms with E-state index < -0.39 is 0 Å². The fourth-order valence-electron chi connectivity index (χ4n) is 3.17. The van der Waals surface area contributed by atoms with Gasteiger partial charge in [0.15, 0.2) is 5.82 Å². The minimum atomic E-state index is -0.262. The van der Waals surface area contributed by atoms with E-state index in [9.17, 15) is 9.18 Å². The van der Waals surface area contributed by atoms with Gasteiger partial charge in [-0.15, -0.1) is 0 Å². The van der Waals surface area contributed by atoms with E-state index in [0.29, 0.717) is 18.4 Å². The predicted octanol–water partition coefficient (Wildman–Crippen LogP) is 2.85. The van der Waals surface area contributed by atoms with E-state index >= 15 is 0 Å². The molecule has 1 fully saturated rings. The van der Waals surface area contributed by atoms with Crippen molar-refractivity contribution in [2.75, 3.05) is 13.1 Å². The van der Waals surface area contributed by atoms with Crippen molar-refractivity contribution in [2.24, 2.45) is 0 Å². The summed E-state index contributed by atoms with van der Waals surface area (Å²) in [5, 5.41) is 6.27. The number of carbonyl (C=O) groups excluding carboxylic acids is 1. The van der Waals surface area contributed by atoms with Crippen LogP contribution in [0.4, 0.5) is 4.39 Å². The molecule has 6 heteroatoms. The molecule has 25 heavy (non-hydrogen) atoms. The molecule has 1 aliphatic heterocycles. The quantitative estimate of drug-likeness (QED) is 0.685. The number of aromatic nitrogens is 2. The predicted molar refractivity (Wildman–Crippen MR) is 94.8 cm³/mol. The Morgan fingerprint density at radius 3 is 2.76 bits per heavy atom. The molecule has 1 aliphatic rings. The summed E-state index contributed by atoms with van der Waals surface area (Å²) in [7, 11) is 0. The van der Waals surface area contributed by atoms with Gasteiger partial charge >= 0.3 is 0 Å². The molecular weight excluding hydrogens is 319 g/mol. The van der Waals surface area contributed by atoms with Gasteiger partial charge in [-0.05, 0) is 54.8 Å². The smallest absolute Gasteiger partial charge is 0.287 e. The van der Waals surface area contributed by atoms with E-state index in [1.807, 2.05) is 18.2 Å². The standard InChI is InChI=1S/C19H19FN4O/c20-14-6-3-12(4-7-14)13-5-8-16-17(10-13)24-18(23-16)19(25)22-11-15-2-1-9-21-15/h3-8,10,15,21H,1-2,9,11H2,(H,22,25)(H,23,24)/t15-/m0/s1. The van der Waals surface area contributed by atoms with Gasteiger partial charge in [0.2, 0.25) is 0 Å². The molecule has 0 bridgehead atoms. The number of hydrogen-bond donors (Lipinski definition) is 3. The lowest BCUT2D eigenvalue weighted by molar-refractivity contribution is 0.0941. The Morgan fingerprint density at radius 1 is 1.20 bits per heavy atom. The molecule has 0 aliphatic carbocycles. The van der Waals surface area contributed by atoms with Crippen molar-refractivity contribution in [3.8, 4) is 11.1 Å². The van der Waals surface area contributed by atoms with Gasteiger partial charge < -0.3 is 15.6 Å². The third-order valence-electron chi connectivity index (χ3n) is 4.55. The van der Waals surface area contributed by atoms with Gasteiger partial charge in [0.1, 0.15) is 5.82 Å². The van der Waals surface area contributed by atoms with Crippen LogP contribution in [0.1, 0.15) is 23.5 Å². The summed E-state index contributed by atoms with van der Waals surface area (Å²) < 4.78 is 13.1. The van der Waals surface area contributed by atoms with Crippen LogP contribution < -0.4 is 10.6 Å². The van der Waals surface area contributed by atoms with Gasteiger partial charge in [-0.2, -0.15) is 0 Å². The van der Waals surface area contributed by atoms with Crippen molar-refractivity contribution in [3.63, 3.8) is 0 Å². The number of fused-ring (bicyclic) bond motifs is 1. The topological polar surface area (TPSA) is 69.8 Å². The Labute approximate surface area is 144 Å². The lowest BCUT2D eigenvalue weighted by Gasteiger charge is -2.10. The van der Waals surface area contributed by atoms with Crippen molar-refractivity contribution in [1.29, 1.82) is 0 Å². The Balaban J connectivity index is 1.53. The van der Waals surface area contributed by atoms with Crippen LogP contribution in [0.5, 0.6) is 0 Å². The van der Waals surface area contributed by atoms with E-state index in [0.717, 1.165) is 41.5 Å². The molecular formula is C19H19FN4O. The minimum Gasteiger partial charge on any atom is -0.348 e. The number of carbonyl (C=O) groups is 1. The molecule has 4 rings (SSSR count). The van der Waals surface area contributed by atoms with Crippen molar-refractivity contribution in [1.82, 2.24) is 20.6 Å². The highest BCUT2D eigenvalue weighted by Crippen LogP contribution is 2.23. The van der Waals surface area contributed by atoms with Crippen molar-refractivity contribution >= 4 is 16.9 Å². The summed E-state index contributed by atoms with van der Waals surface area (Å²) in [5.74, 6) is -0.153. The average Bonchev–Trinajstić information content (AvgIpc) is 3.29. The zero-order valence-corrected chi connectivity index (χ0v) is 13.7. The van der Waals surface area contributed by atoms with Gasteiger partial charge in [-0.1, -0.05) is 18.2 Å². The van der Waals surface area contributed by atoms with E-state index in [1.54, 1.807) is 12.1 Å². The molecule has 0 saturated carbocycles. The van der Waals surface area contributed by atoms with Gasteiger partial charge in [0.25, 0.3) is 5.91 Å². The lowest BCUT2D eigenvalue weighted by Crippen LogP contribution is -2.37. The molecule has 1 aromatic heterocycles. The molecule has 3 aromatic rings. The van der Waals surface area contributed by atoms with Crippen LogP contribution in [-0.2, 0) is 0 Å². The first-order valence-electron chi connectivity index (χ1n) is 8.46. The third-order valence-corrected chi connectivity index (χ3v) is 4.55. The molecule has 5 nitrogen and oxygen atoms in total. The second kappa shape index (κ2) is 6.64. The Hall–Kier alpha value is -2.73. The summed E-state index contributed by atoms with van der Waals surface area (Å²) in [5.41, 5.74) is 3.37. The van der Waals surface area contributed by atoms with Crippen LogP contribution in [0.2, 0.25) is 0 Å². The summed E-state index contributed by atoms with van der Waals surface area (Å²) in [6.07, 6.45) is 2.23. The molecule has 2 aromatic carbocycles. The number of halogens is 1. The zero-order valence-electron chi connectivity index (χ0n) is 13.7. The maximum absolute atomic E-state index is 13.1. The van der Waals surface area contributed by atoms with Gasteiger partial charge in [0.05, 0.1) is 11.0 Å². The SMILES string of the molecule is O=C(NC[C@@H]1CCCN1)c1nc2ccc(-c3ccc(F)cc3)cc2[nH]1. The number of nitrogens with one attached hydrogen (secondary N) is 3. The Kier molecular flexibility index (Phi) is 4.19. The maximum Gasteiger partial charge on any atom is 0.287 e. The number of imidazole rings is 1. The van der Waals surface area contributed by atoms with E-state index in [4.69, 9.17) is 0 Å². The first-order chi connectivity index (χ1) is 12.2. The highest BCUT2D eigenvalue weighted by molar-refractivity contribution is 5.94. The normalized spacial score (nSPS) is 17.1. The molecule has 0 spiro atoms. The number of benzene rings is 2. The Bertz CT molecular complexity index is 897. The van der Waals surface area contributed by atoms with Crippen molar-refractivity contribution < 1.29 is 9.18 Å². The fourth-order valence-corrected chi connectivity index (χ4v) is 3.17. The molecule has 1 saturated heterocycles. The maximum atomic E-state index is 13.1. The second-order valence-corrected chi connectivity index (χ2v) is 6.33. The molecule has 0 radical (unpaired) electrons. The summed E-state index contributed by atoms with van der Waals surface area (Å²) >= 11 is 0. The highest BCUT2D eigenvalue weighted by atomic mass is 19.1. The number of aromatic amines is 1. The molecule has 3 N–H and O–H groups in total. The number of hydrogen-bond acceptors (Lipinski definition) is 3. The van der Waals surface area contributed by atoms with E-state index in [-0.39, 0.29) is 11.7 Å². The number of amides is 1. The van der Waals surface area contributed by atoms with Crippen LogP contribution in [0.15, 0.2) is 42.5 Å². The first kappa shape index (κ1) is 15.8. The molecule has 1 atom stereocenters. The monoisotopic (exact) mass is 338 g/mol. The zero-order chi connectivity index (χ0) is 17.2. The van der Waals surface area contributed by atoms with Crippen LogP contribution >= 0.6 is 0 Å². The van der Waals surface area contributed by atoms with Crippen LogP contribution in [0.25, 0.3) is 22.2 Å². The first-order valence-corrected chi connectivity index (χ1v) is 8.46. The summed E-state index contributed by atoms with van der Waals surface area (Å²) in [6.45, 7) is 1.62. The number of rotatable bonds is 4. The molecule has 0 unspecified atom stereocenters.